The van der Waals surface area contributed by atoms with Crippen LogP contribution >= 0.6 is 0 Å². The minimum atomic E-state index is -0.118. The summed E-state index contributed by atoms with van der Waals surface area (Å²) in [5.41, 5.74) is 1.61. The molecule has 6 fully saturated rings. The van der Waals surface area contributed by atoms with Gasteiger partial charge in [-0.15, -0.1) is 0 Å². The van der Waals surface area contributed by atoms with E-state index in [0.29, 0.717) is 34.2 Å². The van der Waals surface area contributed by atoms with E-state index in [-0.39, 0.29) is 25.0 Å². The van der Waals surface area contributed by atoms with Crippen molar-refractivity contribution in [3.63, 3.8) is 0 Å². The molecule has 4 nitrogen and oxygen atoms in total. The van der Waals surface area contributed by atoms with Crippen LogP contribution in [-0.2, 0) is 9.53 Å². The zero-order valence-electron chi connectivity index (χ0n) is 23.2. The number of rotatable bonds is 5. The molecule has 4 heteroatoms. The molecule has 5 aliphatic carbocycles. The number of hydrogen-bond acceptors (Lipinski definition) is 3. The highest BCUT2D eigenvalue weighted by Crippen LogP contribution is 2.87. The van der Waals surface area contributed by atoms with Gasteiger partial charge in [-0.2, -0.15) is 0 Å². The number of nitrogens with zero attached hydrogens (tertiary/aromatic N) is 1. The molecule has 0 aromatic carbocycles. The molecule has 1 amide bonds. The van der Waals surface area contributed by atoms with Crippen LogP contribution in [0.15, 0.2) is 0 Å². The number of carbonyl (C=O) groups excluding carboxylic acids is 1. The van der Waals surface area contributed by atoms with E-state index in [1.54, 1.807) is 6.92 Å². The highest BCUT2D eigenvalue weighted by Gasteiger charge is 2.80. The van der Waals surface area contributed by atoms with Crippen LogP contribution in [0.2, 0.25) is 0 Å². The monoisotopic (exact) mass is 487 g/mol. The van der Waals surface area contributed by atoms with E-state index >= 15 is 0 Å². The van der Waals surface area contributed by atoms with Gasteiger partial charge in [0, 0.05) is 21.4 Å². The summed E-state index contributed by atoms with van der Waals surface area (Å²) < 4.78 is 6.88. The molecule has 35 heavy (non-hydrogen) atoms. The van der Waals surface area contributed by atoms with Crippen molar-refractivity contribution in [3.8, 4) is 0 Å². The van der Waals surface area contributed by atoms with Gasteiger partial charge in [-0.1, -0.05) is 34.1 Å². The average molecular weight is 488 g/mol. The lowest BCUT2D eigenvalue weighted by atomic mass is 9.46. The summed E-state index contributed by atoms with van der Waals surface area (Å²) in [7, 11) is 0. The van der Waals surface area contributed by atoms with Crippen molar-refractivity contribution in [2.24, 2.45) is 45.3 Å². The van der Waals surface area contributed by atoms with E-state index < -0.39 is 0 Å². The predicted molar refractivity (Wildman–Crippen MR) is 141 cm³/mol. The Kier molecular flexibility index (Phi) is 5.78. The molecule has 5 saturated carbocycles. The number of hydrogen-bond donors (Lipinski definition) is 1. The zero-order chi connectivity index (χ0) is 24.8. The molecule has 10 atom stereocenters. The zero-order valence-corrected chi connectivity index (χ0v) is 23.2. The fraction of sp³-hybridized carbons (Fsp3) is 0.968. The van der Waals surface area contributed by atoms with Gasteiger partial charge in [0.1, 0.15) is 0 Å². The summed E-state index contributed by atoms with van der Waals surface area (Å²) in [4.78, 5) is 14.3. The lowest BCUT2D eigenvalue weighted by molar-refractivity contribution is -0.139. The molecule has 0 radical (unpaired) electrons. The minimum Gasteiger partial charge on any atom is -0.393 e. The van der Waals surface area contributed by atoms with E-state index in [2.05, 4.69) is 27.7 Å². The Bertz CT molecular complexity index is 863. The van der Waals surface area contributed by atoms with Gasteiger partial charge in [0.15, 0.2) is 0 Å². The Morgan fingerprint density at radius 2 is 1.77 bits per heavy atom. The molecule has 0 aromatic rings. The van der Waals surface area contributed by atoms with Crippen molar-refractivity contribution in [2.75, 3.05) is 13.1 Å². The first-order valence-electron chi connectivity index (χ1n) is 15.2. The summed E-state index contributed by atoms with van der Waals surface area (Å²) in [5, 5.41) is 10.9. The number of carbonyl (C=O) groups is 1. The van der Waals surface area contributed by atoms with E-state index in [1.165, 1.54) is 51.4 Å². The third kappa shape index (κ3) is 3.33. The van der Waals surface area contributed by atoms with E-state index in [0.717, 1.165) is 50.6 Å². The molecule has 1 heterocycles. The second kappa shape index (κ2) is 8.19. The number of amides is 1. The van der Waals surface area contributed by atoms with Crippen molar-refractivity contribution >= 4 is 5.91 Å². The summed E-state index contributed by atoms with van der Waals surface area (Å²) >= 11 is 0. The first-order chi connectivity index (χ1) is 16.6. The maximum atomic E-state index is 12.2. The molecular formula is C31H53NO3. The molecule has 2 spiro atoms. The fourth-order valence-corrected chi connectivity index (χ4v) is 11.4. The van der Waals surface area contributed by atoms with Crippen molar-refractivity contribution < 1.29 is 16.1 Å². The Hall–Kier alpha value is -0.610. The van der Waals surface area contributed by atoms with Gasteiger partial charge >= 0.3 is 0 Å². The molecule has 6 rings (SSSR count). The molecule has 0 aromatic heterocycles. The van der Waals surface area contributed by atoms with Gasteiger partial charge in [0.2, 0.25) is 5.91 Å². The van der Waals surface area contributed by atoms with Crippen LogP contribution < -0.4 is 0 Å². The van der Waals surface area contributed by atoms with Gasteiger partial charge in [-0.25, -0.2) is 0 Å². The standard InChI is InChI=1S/C31H51NO3.H2/c1-6-7-16-32(20(2)33)18-21-8-9-23-25(35-21)17-24-22-10-11-26-28(3,4)27(34)12-13-31(26)19-30(22,31)15-14-29(23,24)5;/h21-27,34H,6-19H2,1-5H3;1H/t21?,22?,23?,24?,25?,26?,27-,29+,30-,31?;/m0./s1. The van der Waals surface area contributed by atoms with Crippen LogP contribution in [0, 0.1) is 45.3 Å². The molecular weight excluding hydrogens is 434 g/mol. The van der Waals surface area contributed by atoms with Crippen LogP contribution in [0.5, 0.6) is 0 Å². The molecule has 1 N–H and O–H groups in total. The smallest absolute Gasteiger partial charge is 0.219 e. The van der Waals surface area contributed by atoms with Gasteiger partial charge in [0.25, 0.3) is 0 Å². The van der Waals surface area contributed by atoms with Gasteiger partial charge < -0.3 is 14.7 Å². The molecule has 200 valence electrons. The van der Waals surface area contributed by atoms with E-state index in [4.69, 9.17) is 4.74 Å². The number of ether oxygens (including phenoxy) is 1. The van der Waals surface area contributed by atoms with Crippen LogP contribution in [0.1, 0.15) is 113 Å². The Morgan fingerprint density at radius 3 is 2.51 bits per heavy atom. The van der Waals surface area contributed by atoms with Gasteiger partial charge in [-0.3, -0.25) is 4.79 Å². The first kappa shape index (κ1) is 24.7. The highest BCUT2D eigenvalue weighted by atomic mass is 16.5. The molecule has 6 aliphatic rings. The lowest BCUT2D eigenvalue weighted by Gasteiger charge is -2.59. The summed E-state index contributed by atoms with van der Waals surface area (Å²) in [6, 6.07) is 0. The van der Waals surface area contributed by atoms with Crippen molar-refractivity contribution in [2.45, 2.75) is 130 Å². The summed E-state index contributed by atoms with van der Waals surface area (Å²) in [6.45, 7) is 12.9. The van der Waals surface area contributed by atoms with E-state index in [9.17, 15) is 9.90 Å². The molecule has 7 unspecified atom stereocenters. The summed E-state index contributed by atoms with van der Waals surface area (Å²) in [5.74, 6) is 3.30. The minimum absolute atomic E-state index is 0. The second-order valence-electron chi connectivity index (χ2n) is 14.7. The molecule has 0 bridgehead atoms. The predicted octanol–water partition coefficient (Wildman–Crippen LogP) is 6.45. The molecule has 1 saturated heterocycles. The third-order valence-electron chi connectivity index (χ3n) is 13.3. The Morgan fingerprint density at radius 1 is 1.00 bits per heavy atom. The van der Waals surface area contributed by atoms with E-state index in [1.807, 2.05) is 4.90 Å². The number of aliphatic hydroxyl groups is 1. The summed E-state index contributed by atoms with van der Waals surface area (Å²) in [6.07, 6.45) is 15.6. The quantitative estimate of drug-likeness (QED) is 0.485. The number of fused-ring (bicyclic) bond motifs is 4. The average Bonchev–Trinajstić information content (AvgIpc) is 3.39. The van der Waals surface area contributed by atoms with Gasteiger partial charge in [-0.05, 0) is 116 Å². The van der Waals surface area contributed by atoms with Gasteiger partial charge in [0.05, 0.1) is 18.3 Å². The normalized spacial score (nSPS) is 51.3. The SMILES string of the molecule is CCCCN(CC1CCC2C(CC3C4CCC5C(C)(C)[C@@H](O)CCC56C[C@@]46CC[C@]23C)O1)C(C)=O.[HH]. The largest absolute Gasteiger partial charge is 0.393 e. The number of unbranched alkanes of at least 4 members (excludes halogenated alkanes) is 1. The topological polar surface area (TPSA) is 49.8 Å². The highest BCUT2D eigenvalue weighted by molar-refractivity contribution is 5.73. The third-order valence-corrected chi connectivity index (χ3v) is 13.3. The van der Waals surface area contributed by atoms with Crippen molar-refractivity contribution in [3.05, 3.63) is 0 Å². The molecule has 1 aliphatic heterocycles. The van der Waals surface area contributed by atoms with Crippen molar-refractivity contribution in [1.82, 2.24) is 4.90 Å². The Labute approximate surface area is 215 Å². The fourth-order valence-electron chi connectivity index (χ4n) is 11.4. The second-order valence-corrected chi connectivity index (χ2v) is 14.7. The first-order valence-corrected chi connectivity index (χ1v) is 15.2. The van der Waals surface area contributed by atoms with Crippen LogP contribution in [0.4, 0.5) is 0 Å². The van der Waals surface area contributed by atoms with Crippen molar-refractivity contribution in [1.29, 1.82) is 0 Å². The van der Waals surface area contributed by atoms with Crippen LogP contribution in [0.3, 0.4) is 0 Å². The maximum absolute atomic E-state index is 12.2. The van der Waals surface area contributed by atoms with Crippen LogP contribution in [-0.4, -0.2) is 47.3 Å². The Balaban J connectivity index is 0.00000267. The lowest BCUT2D eigenvalue weighted by Crippen LogP contribution is -2.54. The maximum Gasteiger partial charge on any atom is 0.219 e. The van der Waals surface area contributed by atoms with Crippen LogP contribution in [0.25, 0.3) is 0 Å². The number of aliphatic hydroxyl groups excluding tert-OH is 1.